The Morgan fingerprint density at radius 1 is 0.957 bits per heavy atom. The van der Waals surface area contributed by atoms with E-state index in [1.165, 1.54) is 0 Å². The Kier molecular flexibility index (Phi) is 4.42. The minimum absolute atomic E-state index is 0.405. The second kappa shape index (κ2) is 6.83. The van der Waals surface area contributed by atoms with Crippen LogP contribution in [0, 0.1) is 0 Å². The fourth-order valence-electron chi connectivity index (χ4n) is 2.23. The van der Waals surface area contributed by atoms with E-state index in [0.29, 0.717) is 24.0 Å². The van der Waals surface area contributed by atoms with Gasteiger partial charge in [0.05, 0.1) is 32.0 Å². The van der Waals surface area contributed by atoms with E-state index >= 15 is 0 Å². The van der Waals surface area contributed by atoms with Gasteiger partial charge in [-0.05, 0) is 24.3 Å². The van der Waals surface area contributed by atoms with Gasteiger partial charge in [0.1, 0.15) is 11.5 Å². The minimum Gasteiger partial charge on any atom is -0.496 e. The molecule has 0 unspecified atom stereocenters. The van der Waals surface area contributed by atoms with Crippen molar-refractivity contribution in [3.8, 4) is 22.9 Å². The molecular weight excluding hydrogens is 294 g/mol. The van der Waals surface area contributed by atoms with E-state index in [2.05, 4.69) is 15.5 Å². The highest BCUT2D eigenvalue weighted by molar-refractivity contribution is 5.63. The highest BCUT2D eigenvalue weighted by atomic mass is 16.5. The normalized spacial score (nSPS) is 10.3. The molecule has 0 aliphatic rings. The van der Waals surface area contributed by atoms with Crippen LogP contribution in [0.2, 0.25) is 0 Å². The third kappa shape index (κ3) is 3.26. The molecule has 0 radical (unpaired) electrons. The molecule has 1 aromatic heterocycles. The van der Waals surface area contributed by atoms with Crippen molar-refractivity contribution in [3.63, 3.8) is 0 Å². The number of nitrogens with zero attached hydrogens (tertiary/aromatic N) is 2. The fraction of sp³-hybridized carbons (Fsp3) is 0.176. The molecule has 0 saturated heterocycles. The predicted octanol–water partition coefficient (Wildman–Crippen LogP) is 3.37. The first-order valence-corrected chi connectivity index (χ1v) is 7.14. The Labute approximate surface area is 134 Å². The summed E-state index contributed by atoms with van der Waals surface area (Å²) in [5, 5.41) is 7.23. The van der Waals surface area contributed by atoms with Gasteiger partial charge in [0.2, 0.25) is 11.7 Å². The molecule has 0 aliphatic heterocycles. The average molecular weight is 311 g/mol. The second-order valence-corrected chi connectivity index (χ2v) is 4.77. The number of aromatic nitrogens is 2. The highest BCUT2D eigenvalue weighted by Crippen LogP contribution is 2.27. The van der Waals surface area contributed by atoms with Crippen molar-refractivity contribution < 1.29 is 14.0 Å². The van der Waals surface area contributed by atoms with Gasteiger partial charge in [0, 0.05) is 0 Å². The summed E-state index contributed by atoms with van der Waals surface area (Å²) in [5.74, 6) is 2.45. The lowest BCUT2D eigenvalue weighted by molar-refractivity contribution is 0.382. The molecule has 0 amide bonds. The lowest BCUT2D eigenvalue weighted by Crippen LogP contribution is -2.01. The van der Waals surface area contributed by atoms with Crippen LogP contribution >= 0.6 is 0 Å². The van der Waals surface area contributed by atoms with Crippen LogP contribution in [0.25, 0.3) is 11.4 Å². The third-order valence-electron chi connectivity index (χ3n) is 3.35. The Balaban J connectivity index is 1.75. The zero-order chi connectivity index (χ0) is 16.1. The van der Waals surface area contributed by atoms with Crippen LogP contribution in [0.3, 0.4) is 0 Å². The smallest absolute Gasteiger partial charge is 0.246 e. The fourth-order valence-corrected chi connectivity index (χ4v) is 2.23. The Morgan fingerprint density at radius 2 is 1.65 bits per heavy atom. The van der Waals surface area contributed by atoms with Crippen molar-refractivity contribution in [1.82, 2.24) is 10.1 Å². The second-order valence-electron chi connectivity index (χ2n) is 4.77. The molecule has 1 N–H and O–H groups in total. The average Bonchev–Trinajstić information content (AvgIpc) is 3.09. The maximum absolute atomic E-state index is 5.31. The first-order valence-electron chi connectivity index (χ1n) is 7.14. The van der Waals surface area contributed by atoms with Crippen LogP contribution in [0.1, 0.15) is 5.89 Å². The maximum Gasteiger partial charge on any atom is 0.246 e. The van der Waals surface area contributed by atoms with Crippen LogP contribution < -0.4 is 14.8 Å². The Morgan fingerprint density at radius 3 is 2.43 bits per heavy atom. The molecule has 0 fully saturated rings. The van der Waals surface area contributed by atoms with Gasteiger partial charge in [-0.3, -0.25) is 0 Å². The van der Waals surface area contributed by atoms with Crippen molar-refractivity contribution in [3.05, 3.63) is 54.4 Å². The summed E-state index contributed by atoms with van der Waals surface area (Å²) in [5.41, 5.74) is 1.66. The molecular formula is C17H17N3O3. The van der Waals surface area contributed by atoms with Gasteiger partial charge in [0.25, 0.3) is 0 Å². The lowest BCUT2D eigenvalue weighted by Gasteiger charge is -2.08. The van der Waals surface area contributed by atoms with Crippen molar-refractivity contribution in [1.29, 1.82) is 0 Å². The number of nitrogens with one attached hydrogen (secondary N) is 1. The molecule has 0 spiro atoms. The molecule has 0 bridgehead atoms. The molecule has 3 rings (SSSR count). The molecule has 0 saturated carbocycles. The van der Waals surface area contributed by atoms with Crippen LogP contribution in [-0.4, -0.2) is 24.4 Å². The summed E-state index contributed by atoms with van der Waals surface area (Å²) < 4.78 is 15.9. The van der Waals surface area contributed by atoms with E-state index in [1.54, 1.807) is 14.2 Å². The van der Waals surface area contributed by atoms with Crippen molar-refractivity contribution in [2.45, 2.75) is 6.54 Å². The molecule has 3 aromatic rings. The molecule has 0 aliphatic carbocycles. The number of anilines is 1. The molecule has 23 heavy (non-hydrogen) atoms. The predicted molar refractivity (Wildman–Crippen MR) is 86.6 cm³/mol. The summed E-state index contributed by atoms with van der Waals surface area (Å²) in [7, 11) is 3.25. The molecule has 6 heteroatoms. The van der Waals surface area contributed by atoms with Gasteiger partial charge in [-0.2, -0.15) is 4.98 Å². The van der Waals surface area contributed by atoms with Crippen molar-refractivity contribution >= 4 is 5.69 Å². The first kappa shape index (κ1) is 14.9. The molecule has 1 heterocycles. The lowest BCUT2D eigenvalue weighted by atomic mass is 10.2. The van der Waals surface area contributed by atoms with Gasteiger partial charge in [0.15, 0.2) is 0 Å². The largest absolute Gasteiger partial charge is 0.496 e. The molecule has 6 nitrogen and oxygen atoms in total. The molecule has 118 valence electrons. The van der Waals surface area contributed by atoms with Gasteiger partial charge in [-0.15, -0.1) is 0 Å². The van der Waals surface area contributed by atoms with Crippen LogP contribution in [-0.2, 0) is 6.54 Å². The standard InChI is InChI=1S/C17H17N3O3/c1-21-14-9-5-3-7-12(14)17-19-16(23-20-17)11-18-13-8-4-6-10-15(13)22-2/h3-10,18H,11H2,1-2H3. The Hall–Kier alpha value is -3.02. The zero-order valence-corrected chi connectivity index (χ0v) is 12.9. The number of ether oxygens (including phenoxy) is 2. The topological polar surface area (TPSA) is 69.4 Å². The minimum atomic E-state index is 0.405. The van der Waals surface area contributed by atoms with E-state index in [4.69, 9.17) is 14.0 Å². The van der Waals surface area contributed by atoms with Gasteiger partial charge >= 0.3 is 0 Å². The van der Waals surface area contributed by atoms with E-state index in [9.17, 15) is 0 Å². The number of hydrogen-bond acceptors (Lipinski definition) is 6. The van der Waals surface area contributed by atoms with Gasteiger partial charge in [-0.25, -0.2) is 0 Å². The van der Waals surface area contributed by atoms with E-state index in [-0.39, 0.29) is 0 Å². The van der Waals surface area contributed by atoms with Gasteiger partial charge < -0.3 is 19.3 Å². The van der Waals surface area contributed by atoms with E-state index in [0.717, 1.165) is 17.0 Å². The Bertz CT molecular complexity index is 786. The summed E-state index contributed by atoms with van der Waals surface area (Å²) in [6.07, 6.45) is 0. The summed E-state index contributed by atoms with van der Waals surface area (Å²) in [4.78, 5) is 4.40. The van der Waals surface area contributed by atoms with E-state index in [1.807, 2.05) is 48.5 Å². The van der Waals surface area contributed by atoms with Crippen molar-refractivity contribution in [2.75, 3.05) is 19.5 Å². The maximum atomic E-state index is 5.31. The van der Waals surface area contributed by atoms with Crippen LogP contribution in [0.5, 0.6) is 11.5 Å². The number of benzene rings is 2. The molecule has 2 aromatic carbocycles. The van der Waals surface area contributed by atoms with Crippen molar-refractivity contribution in [2.24, 2.45) is 0 Å². The first-order chi connectivity index (χ1) is 11.3. The van der Waals surface area contributed by atoms with Crippen LogP contribution in [0.4, 0.5) is 5.69 Å². The number of methoxy groups -OCH3 is 2. The number of rotatable bonds is 6. The highest BCUT2D eigenvalue weighted by Gasteiger charge is 2.13. The quantitative estimate of drug-likeness (QED) is 0.752. The number of para-hydroxylation sites is 3. The molecule has 0 atom stereocenters. The van der Waals surface area contributed by atoms with Gasteiger partial charge in [-0.1, -0.05) is 29.4 Å². The summed E-state index contributed by atoms with van der Waals surface area (Å²) in [6.45, 7) is 0.405. The summed E-state index contributed by atoms with van der Waals surface area (Å²) >= 11 is 0. The number of hydrogen-bond donors (Lipinski definition) is 1. The van der Waals surface area contributed by atoms with E-state index < -0.39 is 0 Å². The monoisotopic (exact) mass is 311 g/mol. The zero-order valence-electron chi connectivity index (χ0n) is 12.9. The third-order valence-corrected chi connectivity index (χ3v) is 3.35. The summed E-state index contributed by atoms with van der Waals surface area (Å²) in [6, 6.07) is 15.2. The van der Waals surface area contributed by atoms with Crippen LogP contribution in [0.15, 0.2) is 53.1 Å². The SMILES string of the molecule is COc1ccccc1NCc1nc(-c2ccccc2OC)no1.